The van der Waals surface area contributed by atoms with Crippen molar-refractivity contribution in [3.8, 4) is 6.07 Å². The Morgan fingerprint density at radius 3 is 2.93 bits per heavy atom. The molecule has 0 unspecified atom stereocenters. The summed E-state index contributed by atoms with van der Waals surface area (Å²) >= 11 is 2.62. The summed E-state index contributed by atoms with van der Waals surface area (Å²) in [7, 11) is 0. The van der Waals surface area contributed by atoms with Crippen LogP contribution in [0.3, 0.4) is 0 Å². The molecular weight excluding hydrogens is 230 g/mol. The highest BCUT2D eigenvalue weighted by molar-refractivity contribution is 8.01. The zero-order valence-electron chi connectivity index (χ0n) is 7.41. The highest BCUT2D eigenvalue weighted by atomic mass is 32.2. The predicted octanol–water partition coefficient (Wildman–Crippen LogP) is 1.54. The predicted molar refractivity (Wildman–Crippen MR) is 57.4 cm³/mol. The summed E-state index contributed by atoms with van der Waals surface area (Å²) in [6.07, 6.45) is 2.96. The molecule has 0 aromatic carbocycles. The molecule has 2 aromatic rings. The third kappa shape index (κ3) is 2.23. The van der Waals surface area contributed by atoms with Crippen LogP contribution in [-0.2, 0) is 0 Å². The van der Waals surface area contributed by atoms with Crippen molar-refractivity contribution in [1.82, 2.24) is 14.3 Å². The van der Waals surface area contributed by atoms with Crippen LogP contribution in [0.5, 0.6) is 0 Å². The molecule has 2 rings (SSSR count). The Morgan fingerprint density at radius 2 is 2.33 bits per heavy atom. The largest absolute Gasteiger partial charge is 0.396 e. The molecule has 0 atom stereocenters. The molecule has 0 saturated heterocycles. The molecule has 0 fully saturated rings. The van der Waals surface area contributed by atoms with Crippen molar-refractivity contribution in [3.05, 3.63) is 24.2 Å². The first-order chi connectivity index (χ1) is 7.29. The lowest BCUT2D eigenvalue weighted by atomic mass is 10.3. The van der Waals surface area contributed by atoms with E-state index in [4.69, 9.17) is 11.0 Å². The van der Waals surface area contributed by atoms with Crippen LogP contribution in [0, 0.1) is 11.3 Å². The average molecular weight is 235 g/mol. The molecule has 2 N–H and O–H groups in total. The topological polar surface area (TPSA) is 88.5 Å². The van der Waals surface area contributed by atoms with E-state index >= 15 is 0 Å². The van der Waals surface area contributed by atoms with Crippen molar-refractivity contribution < 1.29 is 0 Å². The summed E-state index contributed by atoms with van der Waals surface area (Å²) in [4.78, 5) is 8.08. The zero-order chi connectivity index (χ0) is 10.7. The number of aromatic nitrogens is 3. The molecule has 0 aliphatic rings. The minimum atomic E-state index is 0.453. The monoisotopic (exact) mass is 235 g/mol. The van der Waals surface area contributed by atoms with Crippen molar-refractivity contribution in [2.75, 3.05) is 5.73 Å². The van der Waals surface area contributed by atoms with Crippen LogP contribution in [0.4, 0.5) is 5.69 Å². The van der Waals surface area contributed by atoms with Gasteiger partial charge in [0.15, 0.2) is 4.34 Å². The van der Waals surface area contributed by atoms with Gasteiger partial charge in [-0.2, -0.15) is 9.64 Å². The van der Waals surface area contributed by atoms with Crippen LogP contribution in [-0.4, -0.2) is 14.3 Å². The summed E-state index contributed by atoms with van der Waals surface area (Å²) in [6, 6.07) is 3.57. The molecule has 2 aromatic heterocycles. The smallest absolute Gasteiger partial charge is 0.176 e. The van der Waals surface area contributed by atoms with Gasteiger partial charge in [-0.05, 0) is 29.4 Å². The summed E-state index contributed by atoms with van der Waals surface area (Å²) in [5, 5.41) is 9.28. The Bertz CT molecular complexity index is 502. The van der Waals surface area contributed by atoms with Gasteiger partial charge in [0.05, 0.1) is 11.3 Å². The minimum absolute atomic E-state index is 0.453. The van der Waals surface area contributed by atoms with E-state index in [1.54, 1.807) is 6.07 Å². The first-order valence-electron chi connectivity index (χ1n) is 3.90. The number of hydrogen-bond acceptors (Lipinski definition) is 7. The minimum Gasteiger partial charge on any atom is -0.396 e. The van der Waals surface area contributed by atoms with Crippen molar-refractivity contribution in [2.24, 2.45) is 0 Å². The zero-order valence-corrected chi connectivity index (χ0v) is 9.05. The molecular formula is C8H5N5S2. The first-order valence-corrected chi connectivity index (χ1v) is 5.48. The number of rotatable bonds is 2. The van der Waals surface area contributed by atoms with E-state index in [0.29, 0.717) is 16.3 Å². The van der Waals surface area contributed by atoms with Crippen LogP contribution in [0.2, 0.25) is 0 Å². The summed E-state index contributed by atoms with van der Waals surface area (Å²) in [6.45, 7) is 0. The molecule has 0 radical (unpaired) electrons. The second kappa shape index (κ2) is 4.25. The molecule has 0 bridgehead atoms. The molecule has 2 heterocycles. The average Bonchev–Trinajstić information content (AvgIpc) is 2.74. The van der Waals surface area contributed by atoms with Gasteiger partial charge in [-0.15, -0.1) is 0 Å². The normalized spacial score (nSPS) is 9.80. The lowest BCUT2D eigenvalue weighted by molar-refractivity contribution is 1.12. The van der Waals surface area contributed by atoms with Gasteiger partial charge in [0.25, 0.3) is 0 Å². The van der Waals surface area contributed by atoms with Crippen molar-refractivity contribution >= 4 is 29.0 Å². The van der Waals surface area contributed by atoms with Gasteiger partial charge in [-0.3, -0.25) is 0 Å². The van der Waals surface area contributed by atoms with Gasteiger partial charge in [0.2, 0.25) is 0 Å². The van der Waals surface area contributed by atoms with Gasteiger partial charge < -0.3 is 5.73 Å². The number of nitrogen functional groups attached to an aromatic ring is 1. The van der Waals surface area contributed by atoms with Crippen LogP contribution >= 0.6 is 23.3 Å². The number of nitriles is 1. The standard InChI is InChI=1S/C8H5N5S2/c9-2-5-1-6(10)7(11-3-5)14-8-12-4-13-15-8/h1,3-4H,10H2. The molecule has 15 heavy (non-hydrogen) atoms. The molecule has 5 nitrogen and oxygen atoms in total. The Kier molecular flexibility index (Phi) is 2.80. The van der Waals surface area contributed by atoms with Crippen molar-refractivity contribution in [1.29, 1.82) is 5.26 Å². The van der Waals surface area contributed by atoms with Crippen molar-refractivity contribution in [3.63, 3.8) is 0 Å². The van der Waals surface area contributed by atoms with E-state index in [9.17, 15) is 0 Å². The van der Waals surface area contributed by atoms with E-state index in [1.165, 1.54) is 35.8 Å². The lowest BCUT2D eigenvalue weighted by Gasteiger charge is -2.00. The highest BCUT2D eigenvalue weighted by Gasteiger charge is 2.06. The number of pyridine rings is 1. The Balaban J connectivity index is 2.27. The third-order valence-electron chi connectivity index (χ3n) is 1.53. The van der Waals surface area contributed by atoms with Crippen LogP contribution < -0.4 is 5.73 Å². The molecule has 0 aliphatic heterocycles. The second-order valence-electron chi connectivity index (χ2n) is 2.54. The lowest BCUT2D eigenvalue weighted by Crippen LogP contribution is -1.92. The molecule has 7 heteroatoms. The first kappa shape index (κ1) is 9.89. The van der Waals surface area contributed by atoms with Gasteiger partial charge in [-0.25, -0.2) is 9.97 Å². The maximum Gasteiger partial charge on any atom is 0.176 e. The number of nitrogens with two attached hydrogens (primary N) is 1. The molecule has 74 valence electrons. The fourth-order valence-electron chi connectivity index (χ4n) is 0.906. The fourth-order valence-corrected chi connectivity index (χ4v) is 2.25. The quantitative estimate of drug-likeness (QED) is 0.849. The third-order valence-corrected chi connectivity index (χ3v) is 3.28. The maximum atomic E-state index is 8.64. The van der Waals surface area contributed by atoms with E-state index < -0.39 is 0 Å². The van der Waals surface area contributed by atoms with Gasteiger partial charge in [0, 0.05) is 6.20 Å². The molecule has 0 spiro atoms. The van der Waals surface area contributed by atoms with Crippen LogP contribution in [0.1, 0.15) is 5.56 Å². The number of anilines is 1. The summed E-state index contributed by atoms with van der Waals surface area (Å²) in [5.74, 6) is 0. The van der Waals surface area contributed by atoms with Gasteiger partial charge in [-0.1, -0.05) is 0 Å². The summed E-state index contributed by atoms with van der Waals surface area (Å²) in [5.41, 5.74) is 6.67. The van der Waals surface area contributed by atoms with Gasteiger partial charge in [0.1, 0.15) is 17.4 Å². The van der Waals surface area contributed by atoms with E-state index in [-0.39, 0.29) is 0 Å². The van der Waals surface area contributed by atoms with Gasteiger partial charge >= 0.3 is 0 Å². The molecule has 0 saturated carbocycles. The second-order valence-corrected chi connectivity index (χ2v) is 4.56. The van der Waals surface area contributed by atoms with Crippen LogP contribution in [0.15, 0.2) is 28.0 Å². The number of hydrogen-bond donors (Lipinski definition) is 1. The fraction of sp³-hybridized carbons (Fsp3) is 0. The Morgan fingerprint density at radius 1 is 1.47 bits per heavy atom. The SMILES string of the molecule is N#Cc1cnc(Sc2ncns2)c(N)c1. The van der Waals surface area contributed by atoms with E-state index in [1.807, 2.05) is 6.07 Å². The molecule has 0 aliphatic carbocycles. The highest BCUT2D eigenvalue weighted by Crippen LogP contribution is 2.30. The summed E-state index contributed by atoms with van der Waals surface area (Å²) < 4.78 is 4.65. The van der Waals surface area contributed by atoms with E-state index in [2.05, 4.69) is 14.3 Å². The van der Waals surface area contributed by atoms with E-state index in [0.717, 1.165) is 4.34 Å². The Hall–Kier alpha value is -1.65. The van der Waals surface area contributed by atoms with Crippen molar-refractivity contribution in [2.45, 2.75) is 9.37 Å². The van der Waals surface area contributed by atoms with Crippen LogP contribution in [0.25, 0.3) is 0 Å². The number of nitrogens with zero attached hydrogens (tertiary/aromatic N) is 4. The maximum absolute atomic E-state index is 8.64. The molecule has 0 amide bonds. The Labute approximate surface area is 94.1 Å².